The summed E-state index contributed by atoms with van der Waals surface area (Å²) in [7, 11) is 0. The van der Waals surface area contributed by atoms with Crippen LogP contribution in [0.15, 0.2) is 17.5 Å². The van der Waals surface area contributed by atoms with E-state index in [1.165, 1.54) is 11.3 Å². The van der Waals surface area contributed by atoms with E-state index in [0.717, 1.165) is 15.6 Å². The van der Waals surface area contributed by atoms with Crippen molar-refractivity contribution in [2.24, 2.45) is 0 Å². The van der Waals surface area contributed by atoms with Crippen LogP contribution in [0.1, 0.15) is 11.1 Å². The molecular weight excluding hydrogens is 196 g/mol. The van der Waals surface area contributed by atoms with E-state index in [1.807, 2.05) is 0 Å². The lowest BCUT2D eigenvalue weighted by molar-refractivity contribution is 0.282. The highest BCUT2D eigenvalue weighted by atomic mass is 32.1. The molecule has 0 fully saturated rings. The number of fused-ring (bicyclic) bond motifs is 1. The molecule has 0 radical (unpaired) electrons. The van der Waals surface area contributed by atoms with Crippen LogP contribution in [0.5, 0.6) is 0 Å². The number of hydrogen-bond acceptors (Lipinski definition) is 4. The Morgan fingerprint density at radius 2 is 2.29 bits per heavy atom. The predicted molar refractivity (Wildman–Crippen MR) is 56.9 cm³/mol. The first kappa shape index (κ1) is 9.00. The summed E-state index contributed by atoms with van der Waals surface area (Å²) in [5.41, 5.74) is 7.77. The van der Waals surface area contributed by atoms with Gasteiger partial charge in [0.1, 0.15) is 6.07 Å². The van der Waals surface area contributed by atoms with Gasteiger partial charge >= 0.3 is 0 Å². The van der Waals surface area contributed by atoms with E-state index >= 15 is 0 Å². The van der Waals surface area contributed by atoms with Crippen molar-refractivity contribution in [2.45, 2.75) is 6.61 Å². The summed E-state index contributed by atoms with van der Waals surface area (Å²) in [4.78, 5) is 0. The number of benzene rings is 1. The van der Waals surface area contributed by atoms with Crippen molar-refractivity contribution in [1.29, 1.82) is 5.26 Å². The van der Waals surface area contributed by atoms with Gasteiger partial charge in [-0.25, -0.2) is 0 Å². The third-order valence-corrected chi connectivity index (χ3v) is 3.11. The van der Waals surface area contributed by atoms with Gasteiger partial charge in [-0.05, 0) is 17.7 Å². The summed E-state index contributed by atoms with van der Waals surface area (Å²) in [6, 6.07) is 5.64. The number of nitrogen functional groups attached to an aromatic ring is 1. The molecule has 0 saturated heterocycles. The van der Waals surface area contributed by atoms with Crippen LogP contribution in [0.4, 0.5) is 5.69 Å². The Morgan fingerprint density at radius 1 is 1.50 bits per heavy atom. The van der Waals surface area contributed by atoms with Crippen LogP contribution in [-0.2, 0) is 6.61 Å². The quantitative estimate of drug-likeness (QED) is 0.696. The molecule has 2 aromatic rings. The van der Waals surface area contributed by atoms with Crippen molar-refractivity contribution in [3.05, 3.63) is 28.6 Å². The maximum Gasteiger partial charge on any atom is 0.101 e. The molecule has 0 aliphatic carbocycles. The number of thiophene rings is 1. The Kier molecular flexibility index (Phi) is 2.12. The fourth-order valence-corrected chi connectivity index (χ4v) is 2.31. The van der Waals surface area contributed by atoms with Crippen molar-refractivity contribution in [1.82, 2.24) is 0 Å². The Balaban J connectivity index is 2.82. The number of nitrogens with two attached hydrogens (primary N) is 1. The van der Waals surface area contributed by atoms with Crippen molar-refractivity contribution in [3.63, 3.8) is 0 Å². The molecule has 0 atom stereocenters. The van der Waals surface area contributed by atoms with Gasteiger partial charge in [0.25, 0.3) is 0 Å². The topological polar surface area (TPSA) is 70.0 Å². The highest BCUT2D eigenvalue weighted by molar-refractivity contribution is 7.18. The fraction of sp³-hybridized carbons (Fsp3) is 0.100. The zero-order chi connectivity index (χ0) is 10.1. The summed E-state index contributed by atoms with van der Waals surface area (Å²) in [5, 5.41) is 20.4. The van der Waals surface area contributed by atoms with E-state index in [-0.39, 0.29) is 6.61 Å². The number of hydrogen-bond donors (Lipinski definition) is 2. The van der Waals surface area contributed by atoms with Gasteiger partial charge in [0.15, 0.2) is 0 Å². The van der Waals surface area contributed by atoms with Gasteiger partial charge in [-0.3, -0.25) is 0 Å². The Hall–Kier alpha value is -1.57. The summed E-state index contributed by atoms with van der Waals surface area (Å²) in [6.45, 7) is -0.0547. The van der Waals surface area contributed by atoms with Crippen LogP contribution < -0.4 is 5.73 Å². The van der Waals surface area contributed by atoms with E-state index in [9.17, 15) is 0 Å². The maximum atomic E-state index is 8.99. The highest BCUT2D eigenvalue weighted by Crippen LogP contribution is 2.31. The lowest BCUT2D eigenvalue weighted by Gasteiger charge is -2.00. The first-order chi connectivity index (χ1) is 6.76. The van der Waals surface area contributed by atoms with Crippen LogP contribution in [0, 0.1) is 11.3 Å². The van der Waals surface area contributed by atoms with Gasteiger partial charge < -0.3 is 10.8 Å². The molecule has 1 aromatic heterocycles. The van der Waals surface area contributed by atoms with Gasteiger partial charge in [0.2, 0.25) is 0 Å². The average molecular weight is 204 g/mol. The fourth-order valence-electron chi connectivity index (χ4n) is 1.40. The second-order valence-corrected chi connectivity index (χ2v) is 3.86. The molecular formula is C10H8N2OS. The molecule has 0 aliphatic heterocycles. The molecule has 1 heterocycles. The minimum Gasteiger partial charge on any atom is -0.398 e. The number of nitriles is 1. The Morgan fingerprint density at radius 3 is 2.93 bits per heavy atom. The van der Waals surface area contributed by atoms with E-state index in [4.69, 9.17) is 16.1 Å². The number of nitrogens with zero attached hydrogens (tertiary/aromatic N) is 1. The minimum atomic E-state index is -0.0547. The molecule has 0 unspecified atom stereocenters. The monoisotopic (exact) mass is 204 g/mol. The Labute approximate surface area is 85.0 Å². The van der Waals surface area contributed by atoms with Crippen molar-refractivity contribution >= 4 is 27.1 Å². The molecule has 70 valence electrons. The molecule has 0 saturated carbocycles. The standard InChI is InChI=1S/C10H8N2OS/c11-3-7-5-14-10-8(7)1-6(4-13)2-9(10)12/h1-2,5,13H,4,12H2. The predicted octanol–water partition coefficient (Wildman–Crippen LogP) is 1.85. The number of aliphatic hydroxyl groups excluding tert-OH is 1. The second-order valence-electron chi connectivity index (χ2n) is 2.98. The molecule has 2 rings (SSSR count). The molecule has 0 aliphatic rings. The van der Waals surface area contributed by atoms with Crippen molar-refractivity contribution in [3.8, 4) is 6.07 Å². The molecule has 3 N–H and O–H groups in total. The molecule has 14 heavy (non-hydrogen) atoms. The summed E-state index contributed by atoms with van der Waals surface area (Å²) in [6.07, 6.45) is 0. The number of rotatable bonds is 1. The largest absolute Gasteiger partial charge is 0.398 e. The molecule has 0 bridgehead atoms. The lowest BCUT2D eigenvalue weighted by Crippen LogP contribution is -1.89. The average Bonchev–Trinajstić information content (AvgIpc) is 2.61. The van der Waals surface area contributed by atoms with Gasteiger partial charge in [-0.1, -0.05) is 0 Å². The maximum absolute atomic E-state index is 8.99. The summed E-state index contributed by atoms with van der Waals surface area (Å²) < 4.78 is 0.916. The van der Waals surface area contributed by atoms with Crippen LogP contribution >= 0.6 is 11.3 Å². The van der Waals surface area contributed by atoms with Crippen LogP contribution in [0.25, 0.3) is 10.1 Å². The summed E-state index contributed by atoms with van der Waals surface area (Å²) in [5.74, 6) is 0. The van der Waals surface area contributed by atoms with Gasteiger partial charge in [0, 0.05) is 16.5 Å². The highest BCUT2D eigenvalue weighted by Gasteiger charge is 2.07. The minimum absolute atomic E-state index is 0.0547. The molecule has 0 amide bonds. The van der Waals surface area contributed by atoms with Crippen LogP contribution in [-0.4, -0.2) is 5.11 Å². The van der Waals surface area contributed by atoms with E-state index in [1.54, 1.807) is 17.5 Å². The van der Waals surface area contributed by atoms with Crippen LogP contribution in [0.3, 0.4) is 0 Å². The molecule has 3 nitrogen and oxygen atoms in total. The van der Waals surface area contributed by atoms with E-state index in [2.05, 4.69) is 6.07 Å². The zero-order valence-corrected chi connectivity index (χ0v) is 8.14. The SMILES string of the molecule is N#Cc1csc2c(N)cc(CO)cc12. The Bertz CT molecular complexity index is 525. The number of anilines is 1. The van der Waals surface area contributed by atoms with E-state index < -0.39 is 0 Å². The third kappa shape index (κ3) is 1.23. The van der Waals surface area contributed by atoms with Gasteiger partial charge in [0.05, 0.1) is 16.9 Å². The smallest absolute Gasteiger partial charge is 0.101 e. The third-order valence-electron chi connectivity index (χ3n) is 2.07. The van der Waals surface area contributed by atoms with Gasteiger partial charge in [-0.2, -0.15) is 5.26 Å². The normalized spacial score (nSPS) is 10.3. The molecule has 0 spiro atoms. The number of aliphatic hydroxyl groups is 1. The zero-order valence-electron chi connectivity index (χ0n) is 7.32. The second kappa shape index (κ2) is 3.29. The molecule has 1 aromatic carbocycles. The van der Waals surface area contributed by atoms with Gasteiger partial charge in [-0.15, -0.1) is 11.3 Å². The first-order valence-corrected chi connectivity index (χ1v) is 4.94. The first-order valence-electron chi connectivity index (χ1n) is 4.07. The lowest BCUT2D eigenvalue weighted by atomic mass is 10.1. The van der Waals surface area contributed by atoms with Crippen LogP contribution in [0.2, 0.25) is 0 Å². The summed E-state index contributed by atoms with van der Waals surface area (Å²) >= 11 is 1.46. The van der Waals surface area contributed by atoms with E-state index in [0.29, 0.717) is 11.3 Å². The van der Waals surface area contributed by atoms with Crippen molar-refractivity contribution in [2.75, 3.05) is 5.73 Å². The van der Waals surface area contributed by atoms with Crippen molar-refractivity contribution < 1.29 is 5.11 Å². The molecule has 4 heteroatoms.